The molecule has 31 heavy (non-hydrogen) atoms. The molecule has 5 nitrogen and oxygen atoms in total. The van der Waals surface area contributed by atoms with E-state index in [0.717, 1.165) is 38.6 Å². The van der Waals surface area contributed by atoms with E-state index in [2.05, 4.69) is 59.8 Å². The summed E-state index contributed by atoms with van der Waals surface area (Å²) in [6.07, 6.45) is 9.10. The number of piperidine rings is 1. The van der Waals surface area contributed by atoms with Crippen molar-refractivity contribution in [1.29, 1.82) is 0 Å². The molecule has 2 aromatic rings. The van der Waals surface area contributed by atoms with Crippen molar-refractivity contribution in [2.75, 3.05) is 6.54 Å². The average Bonchev–Trinajstić information content (AvgIpc) is 3.45. The Bertz CT molecular complexity index is 935. The van der Waals surface area contributed by atoms with Crippen molar-refractivity contribution in [2.45, 2.75) is 89.2 Å². The Kier molecular flexibility index (Phi) is 5.22. The summed E-state index contributed by atoms with van der Waals surface area (Å²) in [5.41, 5.74) is 2.58. The molecule has 5 heterocycles. The van der Waals surface area contributed by atoms with Crippen LogP contribution in [-0.4, -0.2) is 47.4 Å². The standard InChI is InChI=1S/C24H35N3O2SSi/c1-24(2,3)31(4,5)29-21(16-8-10-26-17(12-16)6-7-22(26)28)13-19-23-18(9-11-30-23)20-14-25-15-27(19)20/h9,11,14-17,19,21H,6-8,10,12-13H2,1-5H3/t16-,17-,19?,21?/m0/s1. The molecule has 0 radical (unpaired) electrons. The van der Waals surface area contributed by atoms with Crippen molar-refractivity contribution in [3.8, 4) is 11.3 Å². The lowest BCUT2D eigenvalue weighted by Crippen LogP contribution is -2.49. The summed E-state index contributed by atoms with van der Waals surface area (Å²) in [5.74, 6) is 0.865. The second-order valence-corrected chi connectivity index (χ2v) is 16.8. The van der Waals surface area contributed by atoms with E-state index in [0.29, 0.717) is 23.9 Å². The van der Waals surface area contributed by atoms with Crippen LogP contribution in [0.5, 0.6) is 0 Å². The summed E-state index contributed by atoms with van der Waals surface area (Å²) >= 11 is 1.86. The van der Waals surface area contributed by atoms with E-state index in [9.17, 15) is 4.79 Å². The quantitative estimate of drug-likeness (QED) is 0.541. The molecule has 7 heteroatoms. The highest BCUT2D eigenvalue weighted by atomic mass is 32.1. The van der Waals surface area contributed by atoms with Crippen molar-refractivity contribution in [3.63, 3.8) is 0 Å². The van der Waals surface area contributed by atoms with Gasteiger partial charge in [-0.3, -0.25) is 4.79 Å². The molecular weight excluding hydrogens is 422 g/mol. The minimum atomic E-state index is -1.92. The van der Waals surface area contributed by atoms with Crippen LogP contribution in [0, 0.1) is 5.92 Å². The van der Waals surface area contributed by atoms with Crippen LogP contribution in [0.15, 0.2) is 24.0 Å². The molecule has 1 amide bonds. The maximum Gasteiger partial charge on any atom is 0.222 e. The second-order valence-electron chi connectivity index (χ2n) is 11.1. The van der Waals surface area contributed by atoms with E-state index in [1.807, 2.05) is 23.9 Å². The number of imidazole rings is 1. The smallest absolute Gasteiger partial charge is 0.222 e. The molecule has 2 saturated heterocycles. The molecular formula is C24H35N3O2SSi. The van der Waals surface area contributed by atoms with Gasteiger partial charge in [0.05, 0.1) is 30.4 Å². The molecule has 168 valence electrons. The lowest BCUT2D eigenvalue weighted by molar-refractivity contribution is -0.130. The fourth-order valence-corrected chi connectivity index (χ4v) is 7.88. The molecule has 0 spiro atoms. The Morgan fingerprint density at radius 2 is 2.13 bits per heavy atom. The Balaban J connectivity index is 1.43. The second kappa shape index (κ2) is 7.56. The zero-order valence-electron chi connectivity index (χ0n) is 19.4. The van der Waals surface area contributed by atoms with Gasteiger partial charge < -0.3 is 13.9 Å². The van der Waals surface area contributed by atoms with Crippen LogP contribution in [0.4, 0.5) is 0 Å². The lowest BCUT2D eigenvalue weighted by atomic mass is 9.84. The van der Waals surface area contributed by atoms with Crippen molar-refractivity contribution in [2.24, 2.45) is 5.92 Å². The molecule has 0 aliphatic carbocycles. The monoisotopic (exact) mass is 457 g/mol. The third-order valence-corrected chi connectivity index (χ3v) is 13.8. The first kappa shape index (κ1) is 21.4. The average molecular weight is 458 g/mol. The first-order valence-corrected chi connectivity index (χ1v) is 15.5. The molecule has 3 aliphatic heterocycles. The van der Waals surface area contributed by atoms with Gasteiger partial charge in [0.2, 0.25) is 5.91 Å². The van der Waals surface area contributed by atoms with Crippen molar-refractivity contribution >= 4 is 25.6 Å². The summed E-state index contributed by atoms with van der Waals surface area (Å²) in [6.45, 7) is 12.6. The number of hydrogen-bond acceptors (Lipinski definition) is 4. The fourth-order valence-electron chi connectivity index (χ4n) is 5.47. The number of aromatic nitrogens is 2. The van der Waals surface area contributed by atoms with Gasteiger partial charge >= 0.3 is 0 Å². The third-order valence-electron chi connectivity index (χ3n) is 8.28. The lowest BCUT2D eigenvalue weighted by Gasteiger charge is -2.45. The van der Waals surface area contributed by atoms with Gasteiger partial charge in [-0.25, -0.2) is 4.98 Å². The van der Waals surface area contributed by atoms with Crippen LogP contribution in [0.2, 0.25) is 18.1 Å². The first-order chi connectivity index (χ1) is 14.7. The number of fused-ring (bicyclic) bond motifs is 4. The number of carbonyl (C=O) groups excluding carboxylic acids is 1. The maximum atomic E-state index is 12.2. The Morgan fingerprint density at radius 3 is 2.90 bits per heavy atom. The molecule has 0 saturated carbocycles. The molecule has 2 unspecified atom stereocenters. The summed E-state index contributed by atoms with van der Waals surface area (Å²) in [7, 11) is -1.92. The van der Waals surface area contributed by atoms with Crippen LogP contribution in [0.3, 0.4) is 0 Å². The summed E-state index contributed by atoms with van der Waals surface area (Å²) in [4.78, 5) is 20.3. The van der Waals surface area contributed by atoms with Crippen molar-refractivity contribution < 1.29 is 9.22 Å². The van der Waals surface area contributed by atoms with Crippen LogP contribution in [-0.2, 0) is 9.22 Å². The Labute approximate surface area is 190 Å². The Morgan fingerprint density at radius 1 is 1.32 bits per heavy atom. The number of rotatable bonds is 5. The van der Waals surface area contributed by atoms with Gasteiger partial charge in [-0.1, -0.05) is 20.8 Å². The highest BCUT2D eigenvalue weighted by Gasteiger charge is 2.45. The van der Waals surface area contributed by atoms with Crippen LogP contribution < -0.4 is 0 Å². The molecule has 0 bridgehead atoms. The molecule has 2 fully saturated rings. The molecule has 0 N–H and O–H groups in total. The van der Waals surface area contributed by atoms with Gasteiger partial charge in [0.15, 0.2) is 8.32 Å². The van der Waals surface area contributed by atoms with Crippen molar-refractivity contribution in [3.05, 3.63) is 28.8 Å². The molecule has 4 atom stereocenters. The van der Waals surface area contributed by atoms with Gasteiger partial charge in [-0.2, -0.15) is 0 Å². The predicted molar refractivity (Wildman–Crippen MR) is 128 cm³/mol. The maximum absolute atomic E-state index is 12.2. The zero-order valence-corrected chi connectivity index (χ0v) is 21.2. The third kappa shape index (κ3) is 3.62. The van der Waals surface area contributed by atoms with Crippen molar-refractivity contribution in [1.82, 2.24) is 14.5 Å². The highest BCUT2D eigenvalue weighted by molar-refractivity contribution is 7.10. The summed E-state index contributed by atoms with van der Waals surface area (Å²) < 4.78 is 9.53. The minimum absolute atomic E-state index is 0.180. The van der Waals surface area contributed by atoms with E-state index < -0.39 is 8.32 Å². The highest BCUT2D eigenvalue weighted by Crippen LogP contribution is 2.48. The van der Waals surface area contributed by atoms with Gasteiger partial charge in [-0.05, 0) is 61.2 Å². The van der Waals surface area contributed by atoms with Crippen LogP contribution in [0.1, 0.15) is 63.8 Å². The van der Waals surface area contributed by atoms with Gasteiger partial charge in [0.1, 0.15) is 0 Å². The van der Waals surface area contributed by atoms with Gasteiger partial charge in [0.25, 0.3) is 0 Å². The SMILES string of the molecule is CC(C)(C)[Si](C)(C)OC(CC1c2sccc2-c2cncn21)[C@H]1CCN2C(=O)CC[C@H]2C1. The number of hydrogen-bond donors (Lipinski definition) is 0. The van der Waals surface area contributed by atoms with E-state index in [1.165, 1.54) is 16.1 Å². The normalized spacial score (nSPS) is 26.7. The van der Waals surface area contributed by atoms with Crippen LogP contribution >= 0.6 is 11.3 Å². The number of amides is 1. The van der Waals surface area contributed by atoms with E-state index in [4.69, 9.17) is 4.43 Å². The predicted octanol–water partition coefficient (Wildman–Crippen LogP) is 5.70. The Hall–Kier alpha value is -1.44. The van der Waals surface area contributed by atoms with E-state index in [1.54, 1.807) is 0 Å². The minimum Gasteiger partial charge on any atom is -0.414 e. The molecule has 3 aliphatic rings. The van der Waals surface area contributed by atoms with Gasteiger partial charge in [-0.15, -0.1) is 11.3 Å². The number of thiophene rings is 1. The molecule has 0 aromatic carbocycles. The van der Waals surface area contributed by atoms with E-state index >= 15 is 0 Å². The largest absolute Gasteiger partial charge is 0.414 e. The number of carbonyl (C=O) groups is 1. The molecule has 5 rings (SSSR count). The molecule has 2 aromatic heterocycles. The van der Waals surface area contributed by atoms with Crippen LogP contribution in [0.25, 0.3) is 11.3 Å². The van der Waals surface area contributed by atoms with E-state index in [-0.39, 0.29) is 11.1 Å². The first-order valence-electron chi connectivity index (χ1n) is 11.7. The number of nitrogens with zero attached hydrogens (tertiary/aromatic N) is 3. The summed E-state index contributed by atoms with van der Waals surface area (Å²) in [6, 6.07) is 2.96. The zero-order chi connectivity index (χ0) is 22.0. The van der Waals surface area contributed by atoms with Gasteiger partial charge in [0, 0.05) is 29.4 Å². The topological polar surface area (TPSA) is 47.4 Å². The fraction of sp³-hybridized carbons (Fsp3) is 0.667. The summed E-state index contributed by atoms with van der Waals surface area (Å²) in [5, 5.41) is 2.39.